The number of nitrogens with zero attached hydrogens (tertiary/aromatic N) is 1. The van der Waals surface area contributed by atoms with Crippen LogP contribution in [-0.4, -0.2) is 37.0 Å². The lowest BCUT2D eigenvalue weighted by Crippen LogP contribution is -2.35. The Kier molecular flexibility index (Phi) is 4.71. The molecule has 0 spiro atoms. The molecule has 0 aromatic heterocycles. The lowest BCUT2D eigenvalue weighted by molar-refractivity contribution is -0.157. The van der Waals surface area contributed by atoms with Crippen LogP contribution in [0.2, 0.25) is 0 Å². The van der Waals surface area contributed by atoms with E-state index in [1.165, 1.54) is 4.90 Å². The van der Waals surface area contributed by atoms with Crippen LogP contribution in [0.3, 0.4) is 0 Å². The first kappa shape index (κ1) is 14.0. The monoisotopic (exact) mass is 250 g/mol. The van der Waals surface area contributed by atoms with E-state index >= 15 is 0 Å². The molecule has 1 atom stereocenters. The van der Waals surface area contributed by atoms with Gasteiger partial charge in [0.2, 0.25) is 0 Å². The van der Waals surface area contributed by atoms with E-state index in [1.54, 1.807) is 45.3 Å². The van der Waals surface area contributed by atoms with Crippen LogP contribution in [-0.2, 0) is 20.7 Å². The Labute approximate surface area is 107 Å². The summed E-state index contributed by atoms with van der Waals surface area (Å²) in [7, 11) is 3.23. The van der Waals surface area contributed by atoms with Gasteiger partial charge in [0.1, 0.15) is 0 Å². The van der Waals surface area contributed by atoms with Crippen LogP contribution in [0.4, 0.5) is 5.69 Å². The first-order chi connectivity index (χ1) is 8.40. The number of nitrogens with two attached hydrogens (primary N) is 1. The zero-order chi connectivity index (χ0) is 13.7. The topological polar surface area (TPSA) is 72.6 Å². The van der Waals surface area contributed by atoms with Crippen molar-refractivity contribution in [2.24, 2.45) is 0 Å². The third-order valence-electron chi connectivity index (χ3n) is 2.40. The molecule has 0 bridgehead atoms. The smallest absolute Gasteiger partial charge is 0.311 e. The molecule has 2 N–H and O–H groups in total. The summed E-state index contributed by atoms with van der Waals surface area (Å²) in [6.45, 7) is 1.56. The molecule has 0 saturated carbocycles. The molecule has 0 saturated heterocycles. The minimum absolute atomic E-state index is 0.107. The standard InChI is InChI=1S/C13H18N2O3/c1-9(13(17)15(2)3)18-12(16)8-10-5-4-6-11(14)7-10/h4-7,9H,8,14H2,1-3H3. The highest BCUT2D eigenvalue weighted by Gasteiger charge is 2.19. The molecule has 1 amide bonds. The molecular weight excluding hydrogens is 232 g/mol. The van der Waals surface area contributed by atoms with Crippen molar-refractivity contribution in [1.82, 2.24) is 4.90 Å². The molecule has 18 heavy (non-hydrogen) atoms. The maximum absolute atomic E-state index is 11.6. The number of esters is 1. The number of carbonyl (C=O) groups is 2. The van der Waals surface area contributed by atoms with Gasteiger partial charge < -0.3 is 15.4 Å². The predicted molar refractivity (Wildman–Crippen MR) is 68.8 cm³/mol. The number of benzene rings is 1. The van der Waals surface area contributed by atoms with E-state index in [2.05, 4.69) is 0 Å². The number of hydrogen-bond donors (Lipinski definition) is 1. The minimum atomic E-state index is -0.770. The molecule has 1 aromatic rings. The van der Waals surface area contributed by atoms with Crippen LogP contribution < -0.4 is 5.73 Å². The summed E-state index contributed by atoms with van der Waals surface area (Å²) >= 11 is 0. The van der Waals surface area contributed by atoms with E-state index in [0.29, 0.717) is 5.69 Å². The SMILES string of the molecule is CC(OC(=O)Cc1cccc(N)c1)C(=O)N(C)C. The summed E-state index contributed by atoms with van der Waals surface area (Å²) < 4.78 is 5.05. The van der Waals surface area contributed by atoms with E-state index in [1.807, 2.05) is 0 Å². The lowest BCUT2D eigenvalue weighted by atomic mass is 10.1. The first-order valence-electron chi connectivity index (χ1n) is 5.65. The second-order valence-electron chi connectivity index (χ2n) is 4.29. The third-order valence-corrected chi connectivity index (χ3v) is 2.40. The van der Waals surface area contributed by atoms with Crippen molar-refractivity contribution in [2.45, 2.75) is 19.4 Å². The van der Waals surface area contributed by atoms with Crippen molar-refractivity contribution in [3.05, 3.63) is 29.8 Å². The summed E-state index contributed by atoms with van der Waals surface area (Å²) in [5.41, 5.74) is 6.97. The number of ether oxygens (including phenoxy) is 1. The van der Waals surface area contributed by atoms with Gasteiger partial charge in [-0.2, -0.15) is 0 Å². The Morgan fingerprint density at radius 2 is 2.06 bits per heavy atom. The molecule has 98 valence electrons. The zero-order valence-corrected chi connectivity index (χ0v) is 10.8. The van der Waals surface area contributed by atoms with Gasteiger partial charge in [-0.15, -0.1) is 0 Å². The second-order valence-corrected chi connectivity index (χ2v) is 4.29. The maximum atomic E-state index is 11.6. The van der Waals surface area contributed by atoms with Gasteiger partial charge in [-0.1, -0.05) is 12.1 Å². The van der Waals surface area contributed by atoms with Crippen molar-refractivity contribution >= 4 is 17.6 Å². The molecule has 0 fully saturated rings. The summed E-state index contributed by atoms with van der Waals surface area (Å²) in [4.78, 5) is 24.5. The third kappa shape index (κ3) is 4.08. The summed E-state index contributed by atoms with van der Waals surface area (Å²) in [6, 6.07) is 7.01. The van der Waals surface area contributed by atoms with Crippen molar-refractivity contribution in [1.29, 1.82) is 0 Å². The highest BCUT2D eigenvalue weighted by atomic mass is 16.5. The normalized spacial score (nSPS) is 11.7. The van der Waals surface area contributed by atoms with E-state index < -0.39 is 12.1 Å². The Morgan fingerprint density at radius 3 is 2.61 bits per heavy atom. The van der Waals surface area contributed by atoms with Gasteiger partial charge in [-0.25, -0.2) is 0 Å². The molecular formula is C13H18N2O3. The molecule has 1 unspecified atom stereocenters. The van der Waals surface area contributed by atoms with Crippen molar-refractivity contribution < 1.29 is 14.3 Å². The molecule has 0 aliphatic heterocycles. The molecule has 0 heterocycles. The van der Waals surface area contributed by atoms with Crippen molar-refractivity contribution in [2.75, 3.05) is 19.8 Å². The zero-order valence-electron chi connectivity index (χ0n) is 10.8. The number of rotatable bonds is 4. The molecule has 1 aromatic carbocycles. The van der Waals surface area contributed by atoms with Gasteiger partial charge in [0, 0.05) is 19.8 Å². The molecule has 0 aliphatic carbocycles. The molecule has 0 radical (unpaired) electrons. The van der Waals surface area contributed by atoms with Crippen LogP contribution in [0.1, 0.15) is 12.5 Å². The number of amides is 1. The number of nitrogen functional groups attached to an aromatic ring is 1. The number of carbonyl (C=O) groups excluding carboxylic acids is 2. The van der Waals surface area contributed by atoms with Crippen LogP contribution in [0, 0.1) is 0 Å². The highest BCUT2D eigenvalue weighted by molar-refractivity contribution is 5.83. The van der Waals surface area contributed by atoms with Crippen LogP contribution in [0.15, 0.2) is 24.3 Å². The quantitative estimate of drug-likeness (QED) is 0.634. The van der Waals surface area contributed by atoms with Gasteiger partial charge in [0.05, 0.1) is 6.42 Å². The fourth-order valence-corrected chi connectivity index (χ4v) is 1.52. The molecule has 1 rings (SSSR count). The summed E-state index contributed by atoms with van der Waals surface area (Å²) in [5.74, 6) is -0.681. The van der Waals surface area contributed by atoms with Gasteiger partial charge in [-0.3, -0.25) is 9.59 Å². The van der Waals surface area contributed by atoms with E-state index in [4.69, 9.17) is 10.5 Å². The van der Waals surface area contributed by atoms with Crippen molar-refractivity contribution in [3.8, 4) is 0 Å². The summed E-state index contributed by atoms with van der Waals surface area (Å²) in [5, 5.41) is 0. The van der Waals surface area contributed by atoms with Gasteiger partial charge >= 0.3 is 5.97 Å². The molecule has 5 nitrogen and oxygen atoms in total. The lowest BCUT2D eigenvalue weighted by Gasteiger charge is -2.17. The highest BCUT2D eigenvalue weighted by Crippen LogP contribution is 2.08. The van der Waals surface area contributed by atoms with Gasteiger partial charge in [-0.05, 0) is 24.6 Å². The Bertz CT molecular complexity index is 444. The van der Waals surface area contributed by atoms with Gasteiger partial charge in [0.25, 0.3) is 5.91 Å². The Balaban J connectivity index is 2.54. The minimum Gasteiger partial charge on any atom is -0.452 e. The second kappa shape index (κ2) is 6.05. The molecule has 0 aliphatic rings. The predicted octanol–water partition coefficient (Wildman–Crippen LogP) is 0.831. The van der Waals surface area contributed by atoms with Crippen LogP contribution >= 0.6 is 0 Å². The summed E-state index contributed by atoms with van der Waals surface area (Å²) in [6.07, 6.45) is -0.663. The first-order valence-corrected chi connectivity index (χ1v) is 5.65. The van der Waals surface area contributed by atoms with Crippen molar-refractivity contribution in [3.63, 3.8) is 0 Å². The average molecular weight is 250 g/mol. The average Bonchev–Trinajstić information content (AvgIpc) is 2.27. The van der Waals surface area contributed by atoms with Crippen LogP contribution in [0.5, 0.6) is 0 Å². The molecule has 5 heteroatoms. The number of hydrogen-bond acceptors (Lipinski definition) is 4. The number of anilines is 1. The fraction of sp³-hybridized carbons (Fsp3) is 0.385. The Hall–Kier alpha value is -2.04. The maximum Gasteiger partial charge on any atom is 0.311 e. The van der Waals surface area contributed by atoms with Crippen LogP contribution in [0.25, 0.3) is 0 Å². The largest absolute Gasteiger partial charge is 0.452 e. The van der Waals surface area contributed by atoms with Gasteiger partial charge in [0.15, 0.2) is 6.10 Å². The van der Waals surface area contributed by atoms with E-state index in [9.17, 15) is 9.59 Å². The Morgan fingerprint density at radius 1 is 1.39 bits per heavy atom. The van der Waals surface area contributed by atoms with E-state index in [-0.39, 0.29) is 12.3 Å². The van der Waals surface area contributed by atoms with E-state index in [0.717, 1.165) is 5.56 Å². The fourth-order valence-electron chi connectivity index (χ4n) is 1.52. The number of likely N-dealkylation sites (N-methyl/N-ethyl adjacent to an activating group) is 1.